The van der Waals surface area contributed by atoms with Gasteiger partial charge in [-0.1, -0.05) is 0 Å². The number of nitrogens with one attached hydrogen (secondary N) is 1. The zero-order valence-corrected chi connectivity index (χ0v) is 11.3. The number of nitrogens with two attached hydrogens (primary N) is 1. The van der Waals surface area contributed by atoms with Crippen LogP contribution < -0.4 is 11.1 Å². The van der Waals surface area contributed by atoms with Crippen molar-refractivity contribution >= 4 is 17.7 Å². The molecule has 3 N–H and O–H groups in total. The summed E-state index contributed by atoms with van der Waals surface area (Å²) in [5.74, 6) is 2.58. The van der Waals surface area contributed by atoms with E-state index in [1.807, 2.05) is 11.8 Å². The van der Waals surface area contributed by atoms with Crippen LogP contribution >= 0.6 is 11.8 Å². The van der Waals surface area contributed by atoms with Crippen molar-refractivity contribution in [1.82, 2.24) is 10.2 Å². The first-order chi connectivity index (χ1) is 8.20. The molecule has 0 aromatic carbocycles. The lowest BCUT2D eigenvalue weighted by Crippen LogP contribution is -2.47. The molecular weight excluding hydrogens is 234 g/mol. The van der Waals surface area contributed by atoms with Crippen molar-refractivity contribution in [3.8, 4) is 0 Å². The first-order valence-electron chi connectivity index (χ1n) is 6.50. The van der Waals surface area contributed by atoms with Gasteiger partial charge in [-0.15, -0.1) is 0 Å². The molecule has 1 amide bonds. The highest BCUT2D eigenvalue weighted by Crippen LogP contribution is 2.23. The zero-order chi connectivity index (χ0) is 12.3. The van der Waals surface area contributed by atoms with Crippen LogP contribution in [0.25, 0.3) is 0 Å². The van der Waals surface area contributed by atoms with Crippen LogP contribution in [0.4, 0.5) is 0 Å². The minimum absolute atomic E-state index is 0.167. The third-order valence-electron chi connectivity index (χ3n) is 3.69. The Hall–Kier alpha value is -0.260. The third kappa shape index (κ3) is 3.86. The Balaban J connectivity index is 1.79. The fraction of sp³-hybridized carbons (Fsp3) is 0.917. The van der Waals surface area contributed by atoms with Crippen LogP contribution in [-0.4, -0.2) is 54.0 Å². The molecule has 1 aliphatic heterocycles. The third-order valence-corrected chi connectivity index (χ3v) is 4.84. The number of carbonyl (C=O) groups is 1. The molecular formula is C12H23N3OS. The van der Waals surface area contributed by atoms with Gasteiger partial charge in [0.2, 0.25) is 5.91 Å². The van der Waals surface area contributed by atoms with Crippen LogP contribution in [-0.2, 0) is 4.79 Å². The number of nitrogens with zero attached hydrogens (tertiary/aromatic N) is 1. The summed E-state index contributed by atoms with van der Waals surface area (Å²) >= 11 is 1.99. The normalized spacial score (nSPS) is 26.2. The minimum Gasteiger partial charge on any atom is -0.353 e. The molecule has 0 spiro atoms. The molecule has 2 fully saturated rings. The predicted molar refractivity (Wildman–Crippen MR) is 72.1 cm³/mol. The van der Waals surface area contributed by atoms with E-state index >= 15 is 0 Å². The van der Waals surface area contributed by atoms with E-state index in [1.165, 1.54) is 17.9 Å². The minimum atomic E-state index is 0.167. The van der Waals surface area contributed by atoms with Crippen molar-refractivity contribution in [2.75, 3.05) is 25.1 Å². The highest BCUT2D eigenvalue weighted by atomic mass is 32.2. The molecule has 0 bridgehead atoms. The number of hydrogen-bond acceptors (Lipinski definition) is 4. The molecule has 1 heterocycles. The largest absolute Gasteiger partial charge is 0.353 e. The molecule has 4 nitrogen and oxygen atoms in total. The van der Waals surface area contributed by atoms with Crippen molar-refractivity contribution in [3.63, 3.8) is 0 Å². The summed E-state index contributed by atoms with van der Waals surface area (Å²) in [7, 11) is 2.11. The number of rotatable bonds is 6. The summed E-state index contributed by atoms with van der Waals surface area (Å²) in [5.41, 5.74) is 5.81. The van der Waals surface area contributed by atoms with Gasteiger partial charge in [-0.25, -0.2) is 0 Å². The second-order valence-corrected chi connectivity index (χ2v) is 6.27. The lowest BCUT2D eigenvalue weighted by Gasteiger charge is -2.31. The van der Waals surface area contributed by atoms with Gasteiger partial charge in [0.1, 0.15) is 0 Å². The van der Waals surface area contributed by atoms with Crippen molar-refractivity contribution in [2.24, 2.45) is 5.73 Å². The van der Waals surface area contributed by atoms with Gasteiger partial charge in [0, 0.05) is 36.8 Å². The molecule has 2 rings (SSSR count). The monoisotopic (exact) mass is 257 g/mol. The van der Waals surface area contributed by atoms with E-state index < -0.39 is 0 Å². The Kier molecular flexibility index (Phi) is 4.70. The molecule has 2 aliphatic rings. The van der Waals surface area contributed by atoms with Gasteiger partial charge in [-0.3, -0.25) is 9.69 Å². The molecule has 1 saturated heterocycles. The van der Waals surface area contributed by atoms with Crippen LogP contribution in [0, 0.1) is 0 Å². The molecule has 0 aromatic rings. The number of hydrogen-bond donors (Lipinski definition) is 2. The number of amides is 1. The van der Waals surface area contributed by atoms with Crippen molar-refractivity contribution in [1.29, 1.82) is 0 Å². The van der Waals surface area contributed by atoms with Crippen molar-refractivity contribution in [2.45, 2.75) is 43.8 Å². The highest BCUT2D eigenvalue weighted by molar-refractivity contribution is 7.99. The number of thioether (sulfide) groups is 1. The number of carbonyl (C=O) groups excluding carboxylic acids is 1. The fourth-order valence-electron chi connectivity index (χ4n) is 2.26. The predicted octanol–water partition coefficient (Wildman–Crippen LogP) is 0.420. The standard InChI is InChI=1S/C12H23N3OS/c1-15(10-4-5-17-8-10)11(7-13)6-12(16)14-9-2-3-9/h9-11H,2-8,13H2,1H3,(H,14,16). The first-order valence-corrected chi connectivity index (χ1v) is 7.65. The van der Waals surface area contributed by atoms with E-state index in [1.54, 1.807) is 0 Å². The molecule has 1 saturated carbocycles. The van der Waals surface area contributed by atoms with E-state index in [-0.39, 0.29) is 11.9 Å². The quantitative estimate of drug-likeness (QED) is 0.724. The lowest BCUT2D eigenvalue weighted by molar-refractivity contribution is -0.122. The maximum atomic E-state index is 11.8. The SMILES string of the molecule is CN(C1CCSC1)C(CN)CC(=O)NC1CC1. The van der Waals surface area contributed by atoms with Crippen LogP contribution in [0.3, 0.4) is 0 Å². The summed E-state index contributed by atoms with van der Waals surface area (Å²) in [6.07, 6.45) is 4.06. The molecule has 17 heavy (non-hydrogen) atoms. The summed E-state index contributed by atoms with van der Waals surface area (Å²) in [6, 6.07) is 1.24. The fourth-order valence-corrected chi connectivity index (χ4v) is 3.54. The second kappa shape index (κ2) is 6.07. The first kappa shape index (κ1) is 13.2. The van der Waals surface area contributed by atoms with Crippen LogP contribution in [0.5, 0.6) is 0 Å². The topological polar surface area (TPSA) is 58.4 Å². The Bertz CT molecular complexity index is 264. The molecule has 1 aliphatic carbocycles. The maximum absolute atomic E-state index is 11.8. The summed E-state index contributed by atoms with van der Waals surface area (Å²) in [4.78, 5) is 14.1. The highest BCUT2D eigenvalue weighted by Gasteiger charge is 2.28. The molecule has 2 unspecified atom stereocenters. The van der Waals surface area contributed by atoms with Crippen LogP contribution in [0.2, 0.25) is 0 Å². The van der Waals surface area contributed by atoms with Crippen LogP contribution in [0.15, 0.2) is 0 Å². The Morgan fingerprint density at radius 1 is 1.53 bits per heavy atom. The van der Waals surface area contributed by atoms with Gasteiger partial charge in [0.05, 0.1) is 0 Å². The van der Waals surface area contributed by atoms with E-state index in [9.17, 15) is 4.79 Å². The lowest BCUT2D eigenvalue weighted by atomic mass is 10.1. The average molecular weight is 257 g/mol. The molecule has 2 atom stereocenters. The summed E-state index contributed by atoms with van der Waals surface area (Å²) in [5, 5.41) is 3.04. The van der Waals surface area contributed by atoms with Crippen molar-refractivity contribution < 1.29 is 4.79 Å². The summed E-state index contributed by atoms with van der Waals surface area (Å²) < 4.78 is 0. The smallest absolute Gasteiger partial charge is 0.221 e. The molecule has 0 radical (unpaired) electrons. The second-order valence-electron chi connectivity index (χ2n) is 5.12. The molecule has 5 heteroatoms. The van der Waals surface area contributed by atoms with E-state index in [2.05, 4.69) is 17.3 Å². The van der Waals surface area contributed by atoms with Crippen LogP contribution in [0.1, 0.15) is 25.7 Å². The zero-order valence-electron chi connectivity index (χ0n) is 10.5. The number of likely N-dealkylation sites (N-methyl/N-ethyl adjacent to an activating group) is 1. The van der Waals surface area contributed by atoms with Gasteiger partial charge in [-0.2, -0.15) is 11.8 Å². The van der Waals surface area contributed by atoms with Gasteiger partial charge in [-0.05, 0) is 32.1 Å². The molecule has 98 valence electrons. The van der Waals surface area contributed by atoms with E-state index in [4.69, 9.17) is 5.73 Å². The maximum Gasteiger partial charge on any atom is 0.221 e. The molecule has 0 aromatic heterocycles. The van der Waals surface area contributed by atoms with Gasteiger partial charge >= 0.3 is 0 Å². The van der Waals surface area contributed by atoms with Crippen molar-refractivity contribution in [3.05, 3.63) is 0 Å². The van der Waals surface area contributed by atoms with Gasteiger partial charge < -0.3 is 11.1 Å². The van der Waals surface area contributed by atoms with E-state index in [0.29, 0.717) is 25.0 Å². The van der Waals surface area contributed by atoms with E-state index in [0.717, 1.165) is 12.8 Å². The van der Waals surface area contributed by atoms with Gasteiger partial charge in [0.25, 0.3) is 0 Å². The average Bonchev–Trinajstić information content (AvgIpc) is 2.97. The Labute approximate surface area is 108 Å². The summed E-state index contributed by atoms with van der Waals surface area (Å²) in [6.45, 7) is 0.565. The van der Waals surface area contributed by atoms with Gasteiger partial charge in [0.15, 0.2) is 0 Å². The Morgan fingerprint density at radius 3 is 2.82 bits per heavy atom. The Morgan fingerprint density at radius 2 is 2.29 bits per heavy atom.